The molecule has 0 aliphatic heterocycles. The van der Waals surface area contributed by atoms with Crippen molar-refractivity contribution in [2.24, 2.45) is 0 Å². The summed E-state index contributed by atoms with van der Waals surface area (Å²) in [5.74, 6) is 0.720. The van der Waals surface area contributed by atoms with Crippen LogP contribution in [-0.4, -0.2) is 19.1 Å². The lowest BCUT2D eigenvalue weighted by molar-refractivity contribution is 1.18. The zero-order valence-electron chi connectivity index (χ0n) is 36.1. The van der Waals surface area contributed by atoms with Crippen LogP contribution in [0.1, 0.15) is 0 Å². The molecule has 10 aromatic carbocycles. The van der Waals surface area contributed by atoms with E-state index in [-0.39, 0.29) is 0 Å². The highest BCUT2D eigenvalue weighted by atomic mass is 32.1. The van der Waals surface area contributed by atoms with E-state index >= 15 is 0 Å². The van der Waals surface area contributed by atoms with Gasteiger partial charge in [-0.25, -0.2) is 9.97 Å². The average molecular weight is 871 g/mol. The van der Waals surface area contributed by atoms with Crippen LogP contribution in [-0.2, 0) is 0 Å². The zero-order valence-corrected chi connectivity index (χ0v) is 37.0. The molecule has 5 heteroatoms. The van der Waals surface area contributed by atoms with Gasteiger partial charge in [0, 0.05) is 69.5 Å². The molecule has 0 aliphatic rings. The Hall–Kier alpha value is -8.64. The largest absolute Gasteiger partial charge is 0.309 e. The summed E-state index contributed by atoms with van der Waals surface area (Å²) in [5.41, 5.74) is 14.4. The highest BCUT2D eigenvalue weighted by Gasteiger charge is 2.21. The molecular formula is C62H38N4S. The lowest BCUT2D eigenvalue weighted by Gasteiger charge is -2.16. The first-order chi connectivity index (χ1) is 33.2. The summed E-state index contributed by atoms with van der Waals surface area (Å²) in [4.78, 5) is 10.8. The van der Waals surface area contributed by atoms with Gasteiger partial charge in [0.15, 0.2) is 5.82 Å². The Kier molecular flexibility index (Phi) is 8.42. The molecule has 14 aromatic rings. The second kappa shape index (κ2) is 15.0. The van der Waals surface area contributed by atoms with Gasteiger partial charge >= 0.3 is 0 Å². The Bertz CT molecular complexity index is 4270. The van der Waals surface area contributed by atoms with Gasteiger partial charge in [-0.2, -0.15) is 0 Å². The van der Waals surface area contributed by atoms with Crippen molar-refractivity contribution in [1.29, 1.82) is 0 Å². The van der Waals surface area contributed by atoms with Gasteiger partial charge < -0.3 is 9.13 Å². The van der Waals surface area contributed by atoms with Gasteiger partial charge in [-0.1, -0.05) is 158 Å². The number of hydrogen-bond acceptors (Lipinski definition) is 3. The van der Waals surface area contributed by atoms with Gasteiger partial charge in [0.1, 0.15) is 0 Å². The molecule has 0 radical (unpaired) electrons. The molecule has 0 N–H and O–H groups in total. The number of hydrogen-bond donors (Lipinski definition) is 0. The fourth-order valence-electron chi connectivity index (χ4n) is 10.5. The van der Waals surface area contributed by atoms with Crippen LogP contribution in [0.2, 0.25) is 0 Å². The van der Waals surface area contributed by atoms with E-state index in [1.807, 2.05) is 11.3 Å². The van der Waals surface area contributed by atoms with Crippen molar-refractivity contribution < 1.29 is 0 Å². The molecule has 0 unspecified atom stereocenters. The van der Waals surface area contributed by atoms with Crippen molar-refractivity contribution in [2.75, 3.05) is 0 Å². The Labute approximate surface area is 389 Å². The summed E-state index contributed by atoms with van der Waals surface area (Å²) < 4.78 is 7.31. The summed E-state index contributed by atoms with van der Waals surface area (Å²) in [7, 11) is 0. The van der Waals surface area contributed by atoms with E-state index in [4.69, 9.17) is 9.97 Å². The van der Waals surface area contributed by atoms with E-state index in [1.165, 1.54) is 69.4 Å². The van der Waals surface area contributed by atoms with Crippen LogP contribution in [0.25, 0.3) is 131 Å². The van der Waals surface area contributed by atoms with Crippen LogP contribution in [0.3, 0.4) is 0 Å². The molecule has 14 rings (SSSR count). The second-order valence-electron chi connectivity index (χ2n) is 17.3. The quantitative estimate of drug-likeness (QED) is 0.167. The Morgan fingerprint density at radius 1 is 0.313 bits per heavy atom. The van der Waals surface area contributed by atoms with Crippen LogP contribution in [0.5, 0.6) is 0 Å². The molecule has 4 nitrogen and oxygen atoms in total. The predicted molar refractivity (Wildman–Crippen MR) is 283 cm³/mol. The zero-order chi connectivity index (χ0) is 44.0. The van der Waals surface area contributed by atoms with E-state index in [0.717, 1.165) is 61.6 Å². The number of rotatable bonds is 6. The third-order valence-electron chi connectivity index (χ3n) is 13.5. The number of nitrogens with zero attached hydrogens (tertiary/aromatic N) is 4. The van der Waals surface area contributed by atoms with Crippen molar-refractivity contribution in [3.63, 3.8) is 0 Å². The Balaban J connectivity index is 0.937. The van der Waals surface area contributed by atoms with Crippen molar-refractivity contribution in [1.82, 2.24) is 19.1 Å². The number of benzene rings is 10. The smallest absolute Gasteiger partial charge is 0.161 e. The average Bonchev–Trinajstić information content (AvgIpc) is 4.06. The Morgan fingerprint density at radius 3 is 1.60 bits per heavy atom. The van der Waals surface area contributed by atoms with Crippen LogP contribution in [0.4, 0.5) is 0 Å². The van der Waals surface area contributed by atoms with Crippen molar-refractivity contribution >= 4 is 85.9 Å². The number of para-hydroxylation sites is 3. The molecule has 0 saturated heterocycles. The van der Waals surface area contributed by atoms with Gasteiger partial charge in [-0.05, 0) is 89.3 Å². The summed E-state index contributed by atoms with van der Waals surface area (Å²) in [6, 6.07) is 83.2. The maximum absolute atomic E-state index is 5.45. The van der Waals surface area contributed by atoms with Crippen LogP contribution >= 0.6 is 11.3 Å². The number of fused-ring (bicyclic) bond motifs is 10. The molecule has 4 heterocycles. The highest BCUT2D eigenvalue weighted by molar-refractivity contribution is 7.25. The molecule has 4 aromatic heterocycles. The highest BCUT2D eigenvalue weighted by Crippen LogP contribution is 2.43. The molecule has 0 atom stereocenters. The Morgan fingerprint density at radius 2 is 0.866 bits per heavy atom. The first-order valence-corrected chi connectivity index (χ1v) is 23.5. The van der Waals surface area contributed by atoms with Gasteiger partial charge in [-0.3, -0.25) is 0 Å². The summed E-state index contributed by atoms with van der Waals surface area (Å²) >= 11 is 1.82. The lowest BCUT2D eigenvalue weighted by Crippen LogP contribution is -1.99. The lowest BCUT2D eigenvalue weighted by atomic mass is 9.98. The molecule has 0 amide bonds. The van der Waals surface area contributed by atoms with Crippen LogP contribution in [0, 0.1) is 0 Å². The molecular weight excluding hydrogens is 833 g/mol. The van der Waals surface area contributed by atoms with Crippen LogP contribution < -0.4 is 0 Å². The predicted octanol–water partition coefficient (Wildman–Crippen LogP) is 16.9. The topological polar surface area (TPSA) is 35.6 Å². The minimum atomic E-state index is 0.720. The number of thiophene rings is 1. The van der Waals surface area contributed by atoms with E-state index < -0.39 is 0 Å². The molecule has 312 valence electrons. The number of aromatic nitrogens is 4. The fourth-order valence-corrected chi connectivity index (χ4v) is 11.7. The molecule has 0 bridgehead atoms. The SMILES string of the molecule is c1ccc(-c2cc(-c3ccc(-n4c5ccccc5c5cc(-c6ccc7c(c6)c6ccccc6n7-c6ccccc6)ccc54)c4ccccc34)nc(-c3cccc4sc5ccccc5c34)n2)cc1. The molecule has 0 fully saturated rings. The maximum Gasteiger partial charge on any atom is 0.161 e. The monoisotopic (exact) mass is 870 g/mol. The second-order valence-corrected chi connectivity index (χ2v) is 18.4. The van der Waals surface area contributed by atoms with Crippen molar-refractivity contribution in [2.45, 2.75) is 0 Å². The molecule has 0 spiro atoms. The molecule has 67 heavy (non-hydrogen) atoms. The van der Waals surface area contributed by atoms with Gasteiger partial charge in [0.25, 0.3) is 0 Å². The summed E-state index contributed by atoms with van der Waals surface area (Å²) in [5, 5.41) is 9.65. The summed E-state index contributed by atoms with van der Waals surface area (Å²) in [6.45, 7) is 0. The third kappa shape index (κ3) is 5.92. The van der Waals surface area contributed by atoms with E-state index in [9.17, 15) is 0 Å². The van der Waals surface area contributed by atoms with E-state index in [0.29, 0.717) is 0 Å². The third-order valence-corrected chi connectivity index (χ3v) is 14.7. The van der Waals surface area contributed by atoms with E-state index in [2.05, 4.69) is 240 Å². The first-order valence-electron chi connectivity index (χ1n) is 22.7. The van der Waals surface area contributed by atoms with Gasteiger partial charge in [0.2, 0.25) is 0 Å². The maximum atomic E-state index is 5.45. The van der Waals surface area contributed by atoms with Gasteiger partial charge in [-0.15, -0.1) is 11.3 Å². The first kappa shape index (κ1) is 37.7. The van der Waals surface area contributed by atoms with Crippen LogP contribution in [0.15, 0.2) is 231 Å². The minimum absolute atomic E-state index is 0.720. The van der Waals surface area contributed by atoms with Crippen molar-refractivity contribution in [3.05, 3.63) is 231 Å². The minimum Gasteiger partial charge on any atom is -0.309 e. The molecule has 0 saturated carbocycles. The summed E-state index contributed by atoms with van der Waals surface area (Å²) in [6.07, 6.45) is 0. The molecule has 0 aliphatic carbocycles. The van der Waals surface area contributed by atoms with Gasteiger partial charge in [0.05, 0.1) is 39.1 Å². The standard InChI is InChI=1S/C62H38N4S/c1-3-16-39(17-4-1)52-38-53(64-62(63-52)49-25-15-29-60-61(49)48-24-11-14-28-59(48)67-60)44-32-35-56(45-21-8-7-20-43(44)45)66-55-27-13-10-23-47(55)51-37-41(31-34-58(51)66)40-30-33-57-50(36-40)46-22-9-12-26-54(46)65(57)42-18-5-2-6-19-42/h1-38H. The fraction of sp³-hybridized carbons (Fsp3) is 0. The normalized spacial score (nSPS) is 11.9. The van der Waals surface area contributed by atoms with Crippen molar-refractivity contribution in [3.8, 4) is 56.4 Å². The van der Waals surface area contributed by atoms with E-state index in [1.54, 1.807) is 0 Å².